The molecule has 1 fully saturated rings. The molecule has 1 aromatic carbocycles. The number of phenolic OH excluding ortho intramolecular Hbond substituents is 1. The van der Waals surface area contributed by atoms with E-state index in [0.717, 1.165) is 12.5 Å². The van der Waals surface area contributed by atoms with Gasteiger partial charge in [0.25, 0.3) is 0 Å². The maximum absolute atomic E-state index is 13.2. The monoisotopic (exact) mass is 269 g/mol. The van der Waals surface area contributed by atoms with Gasteiger partial charge in [0.2, 0.25) is 0 Å². The molecule has 19 heavy (non-hydrogen) atoms. The van der Waals surface area contributed by atoms with Gasteiger partial charge < -0.3 is 10.4 Å². The molecule has 2 atom stereocenters. The lowest BCUT2D eigenvalue weighted by atomic mass is 9.82. The minimum atomic E-state index is -0.900. The zero-order valence-electron chi connectivity index (χ0n) is 11.3. The quantitative estimate of drug-likeness (QED) is 0.875. The fourth-order valence-corrected chi connectivity index (χ4v) is 2.89. The summed E-state index contributed by atoms with van der Waals surface area (Å²) < 4.78 is 26.3. The number of aromatic hydroxyl groups is 1. The van der Waals surface area contributed by atoms with Gasteiger partial charge in [-0.1, -0.05) is 19.8 Å². The third-order valence-electron chi connectivity index (χ3n) is 3.88. The standard InChI is InChI=1S/C15H21F2NO/c1-10-3-2-4-11(5-10)8-18-9-12-6-13(16)15(19)14(17)7-12/h6-7,10-11,18-19H,2-5,8-9H2,1H3. The van der Waals surface area contributed by atoms with Crippen molar-refractivity contribution in [2.24, 2.45) is 11.8 Å². The topological polar surface area (TPSA) is 32.3 Å². The van der Waals surface area contributed by atoms with Gasteiger partial charge in [-0.25, -0.2) is 8.78 Å². The predicted octanol–water partition coefficient (Wildman–Crippen LogP) is 3.59. The zero-order chi connectivity index (χ0) is 13.8. The Bertz CT molecular complexity index is 413. The number of benzene rings is 1. The molecule has 0 heterocycles. The lowest BCUT2D eigenvalue weighted by Gasteiger charge is -2.26. The maximum Gasteiger partial charge on any atom is 0.187 e. The lowest BCUT2D eigenvalue weighted by molar-refractivity contribution is 0.274. The molecule has 0 bridgehead atoms. The Morgan fingerprint density at radius 2 is 1.95 bits per heavy atom. The first-order valence-electron chi connectivity index (χ1n) is 6.94. The smallest absolute Gasteiger partial charge is 0.187 e. The van der Waals surface area contributed by atoms with Crippen LogP contribution in [0.1, 0.15) is 38.2 Å². The first kappa shape index (κ1) is 14.3. The Morgan fingerprint density at radius 1 is 1.26 bits per heavy atom. The van der Waals surface area contributed by atoms with E-state index in [2.05, 4.69) is 12.2 Å². The average molecular weight is 269 g/mol. The molecule has 2 N–H and O–H groups in total. The van der Waals surface area contributed by atoms with Gasteiger partial charge in [-0.15, -0.1) is 0 Å². The Balaban J connectivity index is 1.82. The highest BCUT2D eigenvalue weighted by molar-refractivity contribution is 5.29. The maximum atomic E-state index is 13.2. The van der Waals surface area contributed by atoms with Crippen LogP contribution in [-0.4, -0.2) is 11.7 Å². The molecular formula is C15H21F2NO. The van der Waals surface area contributed by atoms with Crippen LogP contribution in [0.5, 0.6) is 5.75 Å². The van der Waals surface area contributed by atoms with Crippen molar-refractivity contribution in [1.29, 1.82) is 0 Å². The van der Waals surface area contributed by atoms with Crippen molar-refractivity contribution in [3.63, 3.8) is 0 Å². The number of nitrogens with one attached hydrogen (secondary N) is 1. The highest BCUT2D eigenvalue weighted by Gasteiger charge is 2.18. The molecule has 2 nitrogen and oxygen atoms in total. The second-order valence-corrected chi connectivity index (χ2v) is 5.68. The molecule has 0 aromatic heterocycles. The van der Waals surface area contributed by atoms with E-state index in [1.165, 1.54) is 37.8 Å². The number of rotatable bonds is 4. The van der Waals surface area contributed by atoms with Gasteiger partial charge in [0.15, 0.2) is 17.4 Å². The van der Waals surface area contributed by atoms with Crippen LogP contribution in [0, 0.1) is 23.5 Å². The molecule has 1 aromatic rings. The largest absolute Gasteiger partial charge is 0.503 e. The molecule has 106 valence electrons. The minimum Gasteiger partial charge on any atom is -0.503 e. The SMILES string of the molecule is CC1CCCC(CNCc2cc(F)c(O)c(F)c2)C1. The summed E-state index contributed by atoms with van der Waals surface area (Å²) in [6.45, 7) is 3.59. The van der Waals surface area contributed by atoms with Gasteiger partial charge in [0.1, 0.15) is 0 Å². The molecular weight excluding hydrogens is 248 g/mol. The van der Waals surface area contributed by atoms with Gasteiger partial charge in [0, 0.05) is 6.54 Å². The van der Waals surface area contributed by atoms with Crippen LogP contribution in [0.4, 0.5) is 8.78 Å². The minimum absolute atomic E-state index is 0.430. The van der Waals surface area contributed by atoms with E-state index >= 15 is 0 Å². The van der Waals surface area contributed by atoms with Crippen LogP contribution >= 0.6 is 0 Å². The van der Waals surface area contributed by atoms with Gasteiger partial charge in [-0.2, -0.15) is 0 Å². The molecule has 0 aliphatic heterocycles. The molecule has 0 radical (unpaired) electrons. The molecule has 2 rings (SSSR count). The summed E-state index contributed by atoms with van der Waals surface area (Å²) in [5.74, 6) is -1.25. The number of hydrogen-bond acceptors (Lipinski definition) is 2. The van der Waals surface area contributed by atoms with Crippen LogP contribution in [0.3, 0.4) is 0 Å². The Morgan fingerprint density at radius 3 is 2.58 bits per heavy atom. The van der Waals surface area contributed by atoms with E-state index in [-0.39, 0.29) is 0 Å². The summed E-state index contributed by atoms with van der Waals surface area (Å²) in [6, 6.07) is 2.35. The molecule has 1 aliphatic rings. The van der Waals surface area contributed by atoms with Crippen molar-refractivity contribution in [2.45, 2.75) is 39.2 Å². The molecule has 1 aliphatic carbocycles. The van der Waals surface area contributed by atoms with E-state index in [1.807, 2.05) is 0 Å². The van der Waals surface area contributed by atoms with Crippen LogP contribution in [0.25, 0.3) is 0 Å². The van der Waals surface area contributed by atoms with Gasteiger partial charge in [-0.3, -0.25) is 0 Å². The summed E-state index contributed by atoms with van der Waals surface area (Å²) in [6.07, 6.45) is 5.04. The van der Waals surface area contributed by atoms with Crippen molar-refractivity contribution in [3.05, 3.63) is 29.3 Å². The molecule has 0 amide bonds. The van der Waals surface area contributed by atoms with E-state index in [4.69, 9.17) is 5.11 Å². The van der Waals surface area contributed by atoms with Crippen LogP contribution in [0.2, 0.25) is 0 Å². The zero-order valence-corrected chi connectivity index (χ0v) is 11.3. The normalized spacial score (nSPS) is 23.5. The number of halogens is 2. The van der Waals surface area contributed by atoms with Crippen molar-refractivity contribution >= 4 is 0 Å². The number of hydrogen-bond donors (Lipinski definition) is 2. The molecule has 4 heteroatoms. The highest BCUT2D eigenvalue weighted by Crippen LogP contribution is 2.28. The summed E-state index contributed by atoms with van der Waals surface area (Å²) in [4.78, 5) is 0. The molecule has 0 spiro atoms. The van der Waals surface area contributed by atoms with E-state index in [0.29, 0.717) is 18.0 Å². The average Bonchev–Trinajstić information content (AvgIpc) is 2.36. The Kier molecular flexibility index (Phi) is 4.75. The van der Waals surface area contributed by atoms with Crippen molar-refractivity contribution in [2.75, 3.05) is 6.54 Å². The van der Waals surface area contributed by atoms with E-state index in [9.17, 15) is 8.78 Å². The van der Waals surface area contributed by atoms with E-state index in [1.54, 1.807) is 0 Å². The third kappa shape index (κ3) is 3.90. The lowest BCUT2D eigenvalue weighted by Crippen LogP contribution is -2.26. The van der Waals surface area contributed by atoms with Gasteiger partial charge >= 0.3 is 0 Å². The molecule has 2 unspecified atom stereocenters. The van der Waals surface area contributed by atoms with Crippen LogP contribution in [-0.2, 0) is 6.54 Å². The first-order chi connectivity index (χ1) is 9.06. The van der Waals surface area contributed by atoms with E-state index < -0.39 is 17.4 Å². The summed E-state index contributed by atoms with van der Waals surface area (Å²) in [7, 11) is 0. The van der Waals surface area contributed by atoms with Crippen molar-refractivity contribution < 1.29 is 13.9 Å². The fourth-order valence-electron chi connectivity index (χ4n) is 2.89. The number of phenols is 1. The Labute approximate surface area is 112 Å². The predicted molar refractivity (Wildman–Crippen MR) is 70.9 cm³/mol. The van der Waals surface area contributed by atoms with Crippen molar-refractivity contribution in [3.8, 4) is 5.75 Å². The van der Waals surface area contributed by atoms with Crippen molar-refractivity contribution in [1.82, 2.24) is 5.32 Å². The summed E-state index contributed by atoms with van der Waals surface area (Å²) in [5, 5.41) is 12.3. The molecule has 1 saturated carbocycles. The third-order valence-corrected chi connectivity index (χ3v) is 3.88. The highest BCUT2D eigenvalue weighted by atomic mass is 19.1. The summed E-state index contributed by atoms with van der Waals surface area (Å²) >= 11 is 0. The second kappa shape index (κ2) is 6.33. The Hall–Kier alpha value is -1.16. The molecule has 0 saturated heterocycles. The first-order valence-corrected chi connectivity index (χ1v) is 6.94. The van der Waals surface area contributed by atoms with Crippen LogP contribution in [0.15, 0.2) is 12.1 Å². The second-order valence-electron chi connectivity index (χ2n) is 5.68. The van der Waals surface area contributed by atoms with Gasteiger partial charge in [-0.05, 0) is 48.9 Å². The van der Waals surface area contributed by atoms with Gasteiger partial charge in [0.05, 0.1) is 0 Å². The van der Waals surface area contributed by atoms with Crippen LogP contribution < -0.4 is 5.32 Å². The summed E-state index contributed by atoms with van der Waals surface area (Å²) in [5.41, 5.74) is 0.525. The fraction of sp³-hybridized carbons (Fsp3) is 0.600.